The molecule has 2 aromatic carbocycles. The predicted molar refractivity (Wildman–Crippen MR) is 113 cm³/mol. The Hall–Kier alpha value is -2.68. The number of aliphatic hydroxyl groups excluding tert-OH is 1. The number of hydrogen-bond donors (Lipinski definition) is 2. The number of benzene rings is 2. The van der Waals surface area contributed by atoms with Crippen molar-refractivity contribution in [3.63, 3.8) is 0 Å². The van der Waals surface area contributed by atoms with E-state index in [0.717, 1.165) is 50.6 Å². The molecule has 2 saturated heterocycles. The van der Waals surface area contributed by atoms with Crippen molar-refractivity contribution in [2.75, 3.05) is 50.9 Å². The van der Waals surface area contributed by atoms with Crippen LogP contribution in [-0.4, -0.2) is 74.1 Å². The maximum Gasteiger partial charge on any atom is 0.251 e. The van der Waals surface area contributed by atoms with Gasteiger partial charge < -0.3 is 24.8 Å². The van der Waals surface area contributed by atoms with Crippen molar-refractivity contribution in [1.82, 2.24) is 10.2 Å². The van der Waals surface area contributed by atoms with E-state index in [9.17, 15) is 14.3 Å². The minimum atomic E-state index is -0.873. The summed E-state index contributed by atoms with van der Waals surface area (Å²) in [5.74, 6) is -0.107. The van der Waals surface area contributed by atoms with Gasteiger partial charge in [-0.05, 0) is 42.5 Å². The molecule has 3 aliphatic heterocycles. The zero-order valence-corrected chi connectivity index (χ0v) is 17.2. The van der Waals surface area contributed by atoms with E-state index < -0.39 is 18.0 Å². The predicted octanol–water partition coefficient (Wildman–Crippen LogP) is 1.57. The van der Waals surface area contributed by atoms with E-state index in [4.69, 9.17) is 9.47 Å². The second-order valence-electron chi connectivity index (χ2n) is 8.27. The molecular formula is C23H26FN3O4. The number of nitrogens with one attached hydrogen (secondary N) is 1. The summed E-state index contributed by atoms with van der Waals surface area (Å²) in [5.41, 5.74) is 2.14. The lowest BCUT2D eigenvalue weighted by Crippen LogP contribution is -2.56. The summed E-state index contributed by atoms with van der Waals surface area (Å²) in [6.07, 6.45) is -0.873. The molecule has 0 bridgehead atoms. The van der Waals surface area contributed by atoms with Crippen LogP contribution < -0.4 is 15.0 Å². The van der Waals surface area contributed by atoms with E-state index in [2.05, 4.69) is 15.1 Å². The van der Waals surface area contributed by atoms with Crippen molar-refractivity contribution < 1.29 is 23.8 Å². The lowest BCUT2D eigenvalue weighted by atomic mass is 9.96. The first-order valence-corrected chi connectivity index (χ1v) is 10.7. The van der Waals surface area contributed by atoms with E-state index in [-0.39, 0.29) is 12.5 Å². The number of piperazine rings is 1. The van der Waals surface area contributed by atoms with Crippen LogP contribution in [0.2, 0.25) is 0 Å². The first-order chi connectivity index (χ1) is 15.1. The number of amides is 1. The van der Waals surface area contributed by atoms with Crippen molar-refractivity contribution in [1.29, 1.82) is 0 Å². The third kappa shape index (κ3) is 4.11. The number of rotatable bonds is 4. The molecule has 2 fully saturated rings. The highest BCUT2D eigenvalue weighted by Crippen LogP contribution is 2.36. The second kappa shape index (κ2) is 8.45. The Morgan fingerprint density at radius 3 is 2.45 bits per heavy atom. The minimum absolute atomic E-state index is 0.100. The fourth-order valence-corrected chi connectivity index (χ4v) is 4.36. The molecule has 0 spiro atoms. The molecule has 2 aromatic rings. The molecule has 2 N–H and O–H groups in total. The van der Waals surface area contributed by atoms with Gasteiger partial charge in [0.1, 0.15) is 24.3 Å². The van der Waals surface area contributed by atoms with Crippen molar-refractivity contribution in [2.45, 2.75) is 18.2 Å². The lowest BCUT2D eigenvalue weighted by molar-refractivity contribution is -0.0660. The average Bonchev–Trinajstić information content (AvgIpc) is 2.75. The first-order valence-electron chi connectivity index (χ1n) is 10.7. The van der Waals surface area contributed by atoms with E-state index in [1.165, 1.54) is 24.3 Å². The summed E-state index contributed by atoms with van der Waals surface area (Å²) in [6, 6.07) is 11.2. The van der Waals surface area contributed by atoms with Crippen molar-refractivity contribution in [3.05, 3.63) is 59.4 Å². The summed E-state index contributed by atoms with van der Waals surface area (Å²) >= 11 is 0. The van der Waals surface area contributed by atoms with Crippen LogP contribution in [0.4, 0.5) is 10.1 Å². The summed E-state index contributed by atoms with van der Waals surface area (Å²) < 4.78 is 24.2. The van der Waals surface area contributed by atoms with E-state index >= 15 is 0 Å². The number of nitrogens with zero attached hydrogens (tertiary/aromatic N) is 2. The van der Waals surface area contributed by atoms with Gasteiger partial charge in [0.2, 0.25) is 0 Å². The van der Waals surface area contributed by atoms with Crippen LogP contribution in [0.1, 0.15) is 22.0 Å². The Morgan fingerprint density at radius 2 is 1.77 bits per heavy atom. The topological polar surface area (TPSA) is 74.3 Å². The number of halogens is 1. The molecule has 8 heteroatoms. The fourth-order valence-electron chi connectivity index (χ4n) is 4.36. The van der Waals surface area contributed by atoms with Crippen LogP contribution in [0.3, 0.4) is 0 Å². The molecule has 3 heterocycles. The number of carbonyl (C=O) groups excluding carboxylic acids is 1. The summed E-state index contributed by atoms with van der Waals surface area (Å²) in [6.45, 7) is 5.52. The van der Waals surface area contributed by atoms with Gasteiger partial charge in [-0.15, -0.1) is 0 Å². The van der Waals surface area contributed by atoms with Gasteiger partial charge in [0.05, 0.1) is 25.3 Å². The van der Waals surface area contributed by atoms with Gasteiger partial charge in [-0.1, -0.05) is 0 Å². The Labute approximate surface area is 180 Å². The number of anilines is 1. The van der Waals surface area contributed by atoms with Crippen LogP contribution in [0, 0.1) is 5.82 Å². The highest BCUT2D eigenvalue weighted by atomic mass is 19.1. The van der Waals surface area contributed by atoms with Gasteiger partial charge in [0.15, 0.2) is 0 Å². The lowest BCUT2D eigenvalue weighted by Gasteiger charge is -2.43. The number of ether oxygens (including phenoxy) is 2. The van der Waals surface area contributed by atoms with E-state index in [0.29, 0.717) is 17.4 Å². The summed E-state index contributed by atoms with van der Waals surface area (Å²) in [7, 11) is 0. The fraction of sp³-hybridized carbons (Fsp3) is 0.435. The average molecular weight is 427 g/mol. The van der Waals surface area contributed by atoms with Crippen LogP contribution in [0.5, 0.6) is 5.75 Å². The molecule has 1 amide bonds. The maximum atomic E-state index is 13.2. The molecule has 0 saturated carbocycles. The number of hydrogen-bond acceptors (Lipinski definition) is 6. The zero-order valence-electron chi connectivity index (χ0n) is 17.2. The normalized spacial score (nSPS) is 24.1. The Kier molecular flexibility index (Phi) is 5.52. The first kappa shape index (κ1) is 20.2. The van der Waals surface area contributed by atoms with Gasteiger partial charge in [-0.2, -0.15) is 0 Å². The Balaban J connectivity index is 1.33. The SMILES string of the molecule is O=C(NC1c2cc(N3CCN(C4COC4)CC3)ccc2OCC1O)c1ccc(F)cc1. The van der Waals surface area contributed by atoms with Gasteiger partial charge in [-0.3, -0.25) is 9.69 Å². The molecule has 164 valence electrons. The smallest absolute Gasteiger partial charge is 0.251 e. The van der Waals surface area contributed by atoms with Crippen molar-refractivity contribution in [2.24, 2.45) is 0 Å². The maximum absolute atomic E-state index is 13.2. The molecule has 0 aliphatic carbocycles. The quantitative estimate of drug-likeness (QED) is 0.772. The third-order valence-electron chi connectivity index (χ3n) is 6.33. The van der Waals surface area contributed by atoms with Crippen LogP contribution in [0.15, 0.2) is 42.5 Å². The molecule has 3 aliphatic rings. The Bertz CT molecular complexity index is 942. The van der Waals surface area contributed by atoms with Gasteiger partial charge in [0, 0.05) is 43.0 Å². The molecule has 31 heavy (non-hydrogen) atoms. The Morgan fingerprint density at radius 1 is 1.03 bits per heavy atom. The molecule has 5 rings (SSSR count). The summed E-state index contributed by atoms with van der Waals surface area (Å²) in [4.78, 5) is 17.5. The van der Waals surface area contributed by atoms with Gasteiger partial charge in [0.25, 0.3) is 5.91 Å². The van der Waals surface area contributed by atoms with Gasteiger partial charge in [-0.25, -0.2) is 4.39 Å². The molecule has 2 atom stereocenters. The highest BCUT2D eigenvalue weighted by Gasteiger charge is 2.33. The van der Waals surface area contributed by atoms with E-state index in [1.54, 1.807) is 0 Å². The summed E-state index contributed by atoms with van der Waals surface area (Å²) in [5, 5.41) is 13.5. The molecule has 2 unspecified atom stereocenters. The monoisotopic (exact) mass is 427 g/mol. The van der Waals surface area contributed by atoms with Crippen molar-refractivity contribution in [3.8, 4) is 5.75 Å². The number of fused-ring (bicyclic) bond motifs is 1. The minimum Gasteiger partial charge on any atom is -0.490 e. The largest absolute Gasteiger partial charge is 0.490 e. The van der Waals surface area contributed by atoms with Crippen molar-refractivity contribution >= 4 is 11.6 Å². The number of aliphatic hydroxyl groups is 1. The van der Waals surface area contributed by atoms with Gasteiger partial charge >= 0.3 is 0 Å². The highest BCUT2D eigenvalue weighted by molar-refractivity contribution is 5.94. The molecular weight excluding hydrogens is 401 g/mol. The molecule has 7 nitrogen and oxygen atoms in total. The van der Waals surface area contributed by atoms with E-state index in [1.807, 2.05) is 18.2 Å². The zero-order chi connectivity index (χ0) is 21.4. The van der Waals surface area contributed by atoms with Crippen LogP contribution >= 0.6 is 0 Å². The number of carbonyl (C=O) groups is 1. The third-order valence-corrected chi connectivity index (χ3v) is 6.33. The molecule has 0 aromatic heterocycles. The van der Waals surface area contributed by atoms with Crippen LogP contribution in [0.25, 0.3) is 0 Å². The van der Waals surface area contributed by atoms with Crippen LogP contribution in [-0.2, 0) is 4.74 Å². The standard InChI is InChI=1S/C23H26FN3O4/c24-16-3-1-15(2-4-16)23(29)25-22-19-11-17(5-6-21(19)31-14-20(22)28)26-7-9-27(10-8-26)18-12-30-13-18/h1-6,11,18,20,22,28H,7-10,12-14H2,(H,25,29). The molecule has 0 radical (unpaired) electrons. The second-order valence-corrected chi connectivity index (χ2v) is 8.27.